The minimum Gasteiger partial charge on any atom is -0.487 e. The van der Waals surface area contributed by atoms with Crippen molar-refractivity contribution in [3.63, 3.8) is 0 Å². The summed E-state index contributed by atoms with van der Waals surface area (Å²) in [5.74, 6) is 1.53. The number of carbonyl (C=O) groups excluding carboxylic acids is 1. The topological polar surface area (TPSA) is 135 Å². The molecule has 280 valence electrons. The number of pyridine rings is 1. The van der Waals surface area contributed by atoms with Crippen molar-refractivity contribution in [3.8, 4) is 17.2 Å². The second-order valence-corrected chi connectivity index (χ2v) is 16.4. The van der Waals surface area contributed by atoms with Crippen LogP contribution in [0.25, 0.3) is 0 Å². The van der Waals surface area contributed by atoms with Crippen LogP contribution in [0.1, 0.15) is 45.4 Å². The lowest BCUT2D eigenvalue weighted by Crippen LogP contribution is -2.51. The van der Waals surface area contributed by atoms with Crippen molar-refractivity contribution in [1.82, 2.24) is 14.2 Å². The minimum absolute atomic E-state index is 0.00316. The number of sulfonamides is 1. The second-order valence-electron chi connectivity index (χ2n) is 14.5. The molecule has 1 aromatic heterocycles. The summed E-state index contributed by atoms with van der Waals surface area (Å²) in [6, 6.07) is 17.4. The summed E-state index contributed by atoms with van der Waals surface area (Å²) < 4.78 is 71.6. The maximum Gasteiger partial charge on any atom is 0.412 e. The maximum atomic E-state index is 14.3. The van der Waals surface area contributed by atoms with E-state index in [0.717, 1.165) is 17.7 Å². The third-order valence-electron chi connectivity index (χ3n) is 9.80. The zero-order valence-electron chi connectivity index (χ0n) is 30.0. The van der Waals surface area contributed by atoms with Crippen LogP contribution in [0.2, 0.25) is 0 Å². The Balaban J connectivity index is 1.16. The summed E-state index contributed by atoms with van der Waals surface area (Å²) >= 11 is 0. The number of carbonyl (C=O) groups is 1. The van der Waals surface area contributed by atoms with Crippen molar-refractivity contribution >= 4 is 16.1 Å². The average molecular weight is 738 g/mol. The first-order valence-electron chi connectivity index (χ1n) is 17.9. The fraction of sp³-hybridized carbons (Fsp3) is 0.526. The van der Waals surface area contributed by atoms with E-state index in [4.69, 9.17) is 33.2 Å². The van der Waals surface area contributed by atoms with E-state index in [-0.39, 0.29) is 42.7 Å². The maximum absolute atomic E-state index is 14.3. The lowest BCUT2D eigenvalue weighted by molar-refractivity contribution is -0.0911. The molecule has 4 aliphatic heterocycles. The minimum atomic E-state index is -4.02. The first-order chi connectivity index (χ1) is 25.0. The van der Waals surface area contributed by atoms with Gasteiger partial charge in [-0.15, -0.1) is 0 Å². The SMILES string of the molecule is CC(C)CN(C[C@H]1OC(C)(C)N(C(=O)OC2COC3OCCC23)[C@H]1Cc1ccc(OCc2ccccn2)cc1)S(=O)(=O)c1ccc2c(c1)OCCO2. The largest absolute Gasteiger partial charge is 0.487 e. The fourth-order valence-corrected chi connectivity index (χ4v) is 8.99. The monoisotopic (exact) mass is 737 g/mol. The highest BCUT2D eigenvalue weighted by molar-refractivity contribution is 7.89. The highest BCUT2D eigenvalue weighted by Crippen LogP contribution is 2.39. The van der Waals surface area contributed by atoms with Crippen LogP contribution in [0.5, 0.6) is 17.2 Å². The van der Waals surface area contributed by atoms with Gasteiger partial charge < -0.3 is 33.2 Å². The van der Waals surface area contributed by atoms with Crippen LogP contribution in [0.15, 0.2) is 71.8 Å². The third-order valence-corrected chi connectivity index (χ3v) is 11.6. The van der Waals surface area contributed by atoms with Gasteiger partial charge in [-0.2, -0.15) is 4.31 Å². The van der Waals surface area contributed by atoms with Gasteiger partial charge in [0.05, 0.1) is 41.9 Å². The van der Waals surface area contributed by atoms with Gasteiger partial charge in [0.15, 0.2) is 17.8 Å². The molecular formula is C38H47N3O10S. The number of amides is 1. The molecule has 0 radical (unpaired) electrons. The molecule has 3 saturated heterocycles. The molecule has 2 aromatic carbocycles. The average Bonchev–Trinajstić information content (AvgIpc) is 3.81. The Morgan fingerprint density at radius 1 is 1.02 bits per heavy atom. The first kappa shape index (κ1) is 36.4. The lowest BCUT2D eigenvalue weighted by atomic mass is 9.99. The molecule has 4 aliphatic rings. The molecule has 5 heterocycles. The molecule has 0 saturated carbocycles. The van der Waals surface area contributed by atoms with Gasteiger partial charge in [-0.05, 0) is 74.6 Å². The fourth-order valence-electron chi connectivity index (χ4n) is 7.36. The van der Waals surface area contributed by atoms with E-state index >= 15 is 0 Å². The van der Waals surface area contributed by atoms with Crippen LogP contribution < -0.4 is 14.2 Å². The molecule has 3 unspecified atom stereocenters. The molecule has 14 heteroatoms. The number of fused-ring (bicyclic) bond motifs is 2. The van der Waals surface area contributed by atoms with Gasteiger partial charge in [0, 0.05) is 25.4 Å². The summed E-state index contributed by atoms with van der Waals surface area (Å²) in [6.07, 6.45) is 0.765. The Kier molecular flexibility index (Phi) is 10.6. The molecule has 13 nitrogen and oxygen atoms in total. The number of hydrogen-bond acceptors (Lipinski definition) is 11. The number of aromatic nitrogens is 1. The van der Waals surface area contributed by atoms with Gasteiger partial charge in [-0.1, -0.05) is 32.0 Å². The molecule has 5 atom stereocenters. The van der Waals surface area contributed by atoms with E-state index in [9.17, 15) is 13.2 Å². The third kappa shape index (κ3) is 7.86. The Bertz CT molecular complexity index is 1810. The molecule has 0 aliphatic carbocycles. The van der Waals surface area contributed by atoms with Crippen molar-refractivity contribution < 1.29 is 46.4 Å². The van der Waals surface area contributed by atoms with Crippen LogP contribution in [-0.2, 0) is 42.0 Å². The smallest absolute Gasteiger partial charge is 0.412 e. The molecule has 52 heavy (non-hydrogen) atoms. The second kappa shape index (κ2) is 15.2. The Morgan fingerprint density at radius 3 is 2.56 bits per heavy atom. The van der Waals surface area contributed by atoms with Gasteiger partial charge in [-0.25, -0.2) is 13.2 Å². The quantitative estimate of drug-likeness (QED) is 0.248. The van der Waals surface area contributed by atoms with E-state index in [1.807, 2.05) is 70.2 Å². The Labute approximate surface area is 305 Å². The molecular weight excluding hydrogens is 690 g/mol. The summed E-state index contributed by atoms with van der Waals surface area (Å²) in [4.78, 5) is 20.2. The molecule has 0 N–H and O–H groups in total. The number of benzene rings is 2. The zero-order valence-corrected chi connectivity index (χ0v) is 30.8. The normalized spacial score (nSPS) is 25.0. The summed E-state index contributed by atoms with van der Waals surface area (Å²) in [5.41, 5.74) is 0.611. The van der Waals surface area contributed by atoms with E-state index < -0.39 is 40.1 Å². The highest BCUT2D eigenvalue weighted by atomic mass is 32.2. The van der Waals surface area contributed by atoms with Crippen molar-refractivity contribution in [2.24, 2.45) is 11.8 Å². The van der Waals surface area contributed by atoms with Gasteiger partial charge in [0.2, 0.25) is 10.0 Å². The molecule has 0 spiro atoms. The van der Waals surface area contributed by atoms with Crippen molar-refractivity contribution in [3.05, 3.63) is 78.1 Å². The highest BCUT2D eigenvalue weighted by Gasteiger charge is 2.53. The predicted octanol–water partition coefficient (Wildman–Crippen LogP) is 5.02. The number of rotatable bonds is 12. The van der Waals surface area contributed by atoms with E-state index in [1.54, 1.807) is 17.2 Å². The van der Waals surface area contributed by atoms with E-state index in [2.05, 4.69) is 4.98 Å². The number of hydrogen-bond donors (Lipinski definition) is 0. The lowest BCUT2D eigenvalue weighted by Gasteiger charge is -2.34. The molecule has 3 aromatic rings. The van der Waals surface area contributed by atoms with E-state index in [1.165, 1.54) is 16.4 Å². The number of ether oxygens (including phenoxy) is 7. The molecule has 7 rings (SSSR count). The van der Waals surface area contributed by atoms with Crippen LogP contribution in [0, 0.1) is 11.8 Å². The zero-order chi connectivity index (χ0) is 36.5. The van der Waals surface area contributed by atoms with Gasteiger partial charge >= 0.3 is 6.09 Å². The summed E-state index contributed by atoms with van der Waals surface area (Å²) in [5, 5.41) is 0. The standard InChI is InChI=1S/C38H47N3O10S/c1-25(2)21-40(52(43,44)29-12-13-32-33(20-29)46-18-17-45-32)22-34-31(19-26-8-10-28(11-9-26)48-23-27-7-5-6-15-39-27)41(38(3,4)51-34)37(42)50-35-24-49-36-30(35)14-16-47-36/h5-13,15,20,25,30-31,34-36H,14,16-19,21-24H2,1-4H3/t30?,31-,34+,35?,36?/m0/s1. The van der Waals surface area contributed by atoms with Crippen LogP contribution in [0.3, 0.4) is 0 Å². The van der Waals surface area contributed by atoms with E-state index in [0.29, 0.717) is 50.1 Å². The van der Waals surface area contributed by atoms with Crippen LogP contribution >= 0.6 is 0 Å². The summed E-state index contributed by atoms with van der Waals surface area (Å²) in [7, 11) is -4.02. The molecule has 0 bridgehead atoms. The van der Waals surface area contributed by atoms with Crippen molar-refractivity contribution in [2.45, 2.75) is 82.3 Å². The number of nitrogens with zero attached hydrogens (tertiary/aromatic N) is 3. The first-order valence-corrected chi connectivity index (χ1v) is 19.3. The van der Waals surface area contributed by atoms with Crippen LogP contribution in [0.4, 0.5) is 4.79 Å². The van der Waals surface area contributed by atoms with Gasteiger partial charge in [0.1, 0.15) is 37.4 Å². The Hall–Kier alpha value is -3.95. The summed E-state index contributed by atoms with van der Waals surface area (Å²) in [6.45, 7) is 9.66. The van der Waals surface area contributed by atoms with Gasteiger partial charge in [0.25, 0.3) is 0 Å². The molecule has 1 amide bonds. The van der Waals surface area contributed by atoms with Crippen molar-refractivity contribution in [2.75, 3.05) is 39.5 Å². The van der Waals surface area contributed by atoms with Crippen molar-refractivity contribution in [1.29, 1.82) is 0 Å². The van der Waals surface area contributed by atoms with Crippen LogP contribution in [-0.4, -0.2) is 98.5 Å². The Morgan fingerprint density at radius 2 is 1.81 bits per heavy atom. The molecule has 3 fully saturated rings. The van der Waals surface area contributed by atoms with Gasteiger partial charge in [-0.3, -0.25) is 9.88 Å². The predicted molar refractivity (Wildman–Crippen MR) is 188 cm³/mol.